The van der Waals surface area contributed by atoms with E-state index in [1.807, 2.05) is 13.0 Å². The van der Waals surface area contributed by atoms with Crippen molar-refractivity contribution in [3.8, 4) is 0 Å². The van der Waals surface area contributed by atoms with Crippen LogP contribution in [0.15, 0.2) is 40.8 Å². The van der Waals surface area contributed by atoms with E-state index in [1.165, 1.54) is 5.56 Å². The maximum atomic E-state index is 5.80. The lowest BCUT2D eigenvalue weighted by Crippen LogP contribution is -2.47. The van der Waals surface area contributed by atoms with E-state index in [4.69, 9.17) is 14.9 Å². The predicted molar refractivity (Wildman–Crippen MR) is 69.4 cm³/mol. The van der Waals surface area contributed by atoms with Crippen molar-refractivity contribution in [1.29, 1.82) is 0 Å². The fourth-order valence-corrected chi connectivity index (χ4v) is 2.41. The quantitative estimate of drug-likeness (QED) is 0.900. The first-order valence-electron chi connectivity index (χ1n) is 6.19. The molecule has 0 saturated carbocycles. The minimum Gasteiger partial charge on any atom is -0.465 e. The lowest BCUT2D eigenvalue weighted by atomic mass is 9.76. The van der Waals surface area contributed by atoms with E-state index in [2.05, 4.69) is 30.3 Å². The monoisotopic (exact) mass is 243 g/mol. The summed E-state index contributed by atoms with van der Waals surface area (Å²) in [4.78, 5) is 0. The second-order valence-corrected chi connectivity index (χ2v) is 4.89. The van der Waals surface area contributed by atoms with Crippen molar-refractivity contribution in [2.75, 3.05) is 13.2 Å². The molecule has 2 heterocycles. The molecule has 3 rings (SSSR count). The highest BCUT2D eigenvalue weighted by Gasteiger charge is 2.44. The fraction of sp³-hybridized carbons (Fsp3) is 0.333. The molecule has 1 aromatic carbocycles. The molecule has 3 nitrogen and oxygen atoms in total. The maximum absolute atomic E-state index is 5.80. The van der Waals surface area contributed by atoms with Gasteiger partial charge in [0.1, 0.15) is 11.5 Å². The van der Waals surface area contributed by atoms with Crippen LogP contribution in [0.3, 0.4) is 0 Å². The fourth-order valence-electron chi connectivity index (χ4n) is 2.41. The van der Waals surface area contributed by atoms with Gasteiger partial charge in [0.25, 0.3) is 0 Å². The van der Waals surface area contributed by atoms with E-state index in [9.17, 15) is 0 Å². The van der Waals surface area contributed by atoms with Crippen molar-refractivity contribution in [3.05, 3.63) is 59.0 Å². The van der Waals surface area contributed by atoms with Gasteiger partial charge in [-0.15, -0.1) is 0 Å². The van der Waals surface area contributed by atoms with Crippen molar-refractivity contribution < 1.29 is 9.15 Å². The number of furan rings is 1. The lowest BCUT2D eigenvalue weighted by Gasteiger charge is -2.40. The summed E-state index contributed by atoms with van der Waals surface area (Å²) in [5, 5.41) is 0. The van der Waals surface area contributed by atoms with Crippen molar-refractivity contribution in [3.63, 3.8) is 0 Å². The highest BCUT2D eigenvalue weighted by molar-refractivity contribution is 5.39. The minimum absolute atomic E-state index is 0.110. The van der Waals surface area contributed by atoms with Gasteiger partial charge in [-0.05, 0) is 30.2 Å². The third kappa shape index (κ3) is 1.67. The van der Waals surface area contributed by atoms with Gasteiger partial charge >= 0.3 is 0 Å². The summed E-state index contributed by atoms with van der Waals surface area (Å²) in [7, 11) is 0. The van der Waals surface area contributed by atoms with Crippen molar-refractivity contribution in [1.82, 2.24) is 0 Å². The largest absolute Gasteiger partial charge is 0.465 e. The first kappa shape index (κ1) is 11.5. The Morgan fingerprint density at radius 3 is 2.28 bits per heavy atom. The van der Waals surface area contributed by atoms with Crippen LogP contribution in [-0.4, -0.2) is 13.2 Å². The Hall–Kier alpha value is -1.58. The Labute approximate surface area is 107 Å². The van der Waals surface area contributed by atoms with Crippen molar-refractivity contribution in [2.45, 2.75) is 18.9 Å². The van der Waals surface area contributed by atoms with Crippen LogP contribution in [0.4, 0.5) is 0 Å². The predicted octanol–water partition coefficient (Wildman–Crippen LogP) is 2.36. The number of aryl methyl sites for hydroxylation is 1. The Balaban J connectivity index is 2.00. The molecule has 3 heteroatoms. The number of rotatable bonds is 3. The molecule has 1 saturated heterocycles. The van der Waals surface area contributed by atoms with Gasteiger partial charge in [-0.25, -0.2) is 0 Å². The van der Waals surface area contributed by atoms with E-state index >= 15 is 0 Å². The summed E-state index contributed by atoms with van der Waals surface area (Å²) in [5.41, 5.74) is 7.90. The van der Waals surface area contributed by atoms with Gasteiger partial charge in [0.15, 0.2) is 0 Å². The van der Waals surface area contributed by atoms with E-state index in [0.29, 0.717) is 19.8 Å². The molecule has 0 radical (unpaired) electrons. The molecule has 1 aliphatic rings. The van der Waals surface area contributed by atoms with E-state index in [0.717, 1.165) is 17.1 Å². The summed E-state index contributed by atoms with van der Waals surface area (Å²) in [6.07, 6.45) is 0. The molecule has 94 valence electrons. The van der Waals surface area contributed by atoms with Crippen LogP contribution >= 0.6 is 0 Å². The van der Waals surface area contributed by atoms with Crippen LogP contribution < -0.4 is 5.73 Å². The second-order valence-electron chi connectivity index (χ2n) is 4.89. The first-order chi connectivity index (χ1) is 8.74. The molecule has 18 heavy (non-hydrogen) atoms. The van der Waals surface area contributed by atoms with Crippen LogP contribution in [0, 0.1) is 6.92 Å². The second kappa shape index (κ2) is 4.26. The van der Waals surface area contributed by atoms with Crippen molar-refractivity contribution in [2.24, 2.45) is 5.73 Å². The van der Waals surface area contributed by atoms with Crippen LogP contribution in [0.2, 0.25) is 0 Å². The van der Waals surface area contributed by atoms with Crippen LogP contribution in [-0.2, 0) is 16.7 Å². The summed E-state index contributed by atoms with van der Waals surface area (Å²) < 4.78 is 11.2. The average Bonchev–Trinajstić information content (AvgIpc) is 2.76. The van der Waals surface area contributed by atoms with E-state index in [1.54, 1.807) is 0 Å². The van der Waals surface area contributed by atoms with Gasteiger partial charge in [0, 0.05) is 6.54 Å². The van der Waals surface area contributed by atoms with Gasteiger partial charge in [-0.2, -0.15) is 0 Å². The van der Waals surface area contributed by atoms with E-state index in [-0.39, 0.29) is 5.41 Å². The Morgan fingerprint density at radius 1 is 1.11 bits per heavy atom. The topological polar surface area (TPSA) is 48.4 Å². The minimum atomic E-state index is -0.110. The Kier molecular flexibility index (Phi) is 2.73. The molecule has 2 N–H and O–H groups in total. The number of nitrogens with two attached hydrogens (primary N) is 1. The molecule has 1 fully saturated rings. The number of benzene rings is 1. The van der Waals surface area contributed by atoms with Gasteiger partial charge in [0.05, 0.1) is 18.6 Å². The number of hydrogen-bond donors (Lipinski definition) is 1. The number of ether oxygens (including phenoxy) is 1. The lowest BCUT2D eigenvalue weighted by molar-refractivity contribution is -0.0478. The highest BCUT2D eigenvalue weighted by atomic mass is 16.5. The Morgan fingerprint density at radius 2 is 1.83 bits per heavy atom. The zero-order valence-electron chi connectivity index (χ0n) is 10.5. The van der Waals surface area contributed by atoms with E-state index < -0.39 is 0 Å². The molecule has 2 aromatic rings. The molecule has 0 atom stereocenters. The third-order valence-electron chi connectivity index (χ3n) is 3.65. The zero-order chi connectivity index (χ0) is 12.6. The summed E-state index contributed by atoms with van der Waals surface area (Å²) in [5.74, 6) is 1.93. The SMILES string of the molecule is Cc1ccc(C2(c3ccc(CN)cc3)COC2)o1. The molecular formula is C15H17NO2. The molecular weight excluding hydrogens is 226 g/mol. The summed E-state index contributed by atoms with van der Waals surface area (Å²) in [6, 6.07) is 12.5. The molecule has 0 spiro atoms. The molecule has 0 unspecified atom stereocenters. The molecule has 0 amide bonds. The summed E-state index contributed by atoms with van der Waals surface area (Å²) >= 11 is 0. The van der Waals surface area contributed by atoms with Crippen LogP contribution in [0.1, 0.15) is 22.6 Å². The van der Waals surface area contributed by atoms with Gasteiger partial charge in [0.2, 0.25) is 0 Å². The molecule has 0 bridgehead atoms. The zero-order valence-corrected chi connectivity index (χ0v) is 10.5. The Bertz CT molecular complexity index is 538. The van der Waals surface area contributed by atoms with Crippen LogP contribution in [0.5, 0.6) is 0 Å². The third-order valence-corrected chi connectivity index (χ3v) is 3.65. The first-order valence-corrected chi connectivity index (χ1v) is 6.19. The maximum Gasteiger partial charge on any atom is 0.119 e. The van der Waals surface area contributed by atoms with Gasteiger partial charge < -0.3 is 14.9 Å². The average molecular weight is 243 g/mol. The normalized spacial score (nSPS) is 17.4. The van der Waals surface area contributed by atoms with Crippen molar-refractivity contribution >= 4 is 0 Å². The standard InChI is InChI=1S/C15H17NO2/c1-11-2-7-14(18-11)15(9-17-10-15)13-5-3-12(8-16)4-6-13/h2-7H,8-10,16H2,1H3. The molecule has 0 aliphatic carbocycles. The summed E-state index contributed by atoms with van der Waals surface area (Å²) in [6.45, 7) is 3.90. The molecule has 1 aromatic heterocycles. The highest BCUT2D eigenvalue weighted by Crippen LogP contribution is 2.39. The number of hydrogen-bond acceptors (Lipinski definition) is 3. The van der Waals surface area contributed by atoms with Crippen LogP contribution in [0.25, 0.3) is 0 Å². The smallest absolute Gasteiger partial charge is 0.119 e. The van der Waals surface area contributed by atoms with Gasteiger partial charge in [-0.3, -0.25) is 0 Å². The van der Waals surface area contributed by atoms with Gasteiger partial charge in [-0.1, -0.05) is 24.3 Å². The molecule has 1 aliphatic heterocycles.